The molecule has 0 spiro atoms. The van der Waals surface area contributed by atoms with Crippen molar-refractivity contribution in [3.8, 4) is 5.69 Å². The van der Waals surface area contributed by atoms with E-state index in [4.69, 9.17) is 5.73 Å². The van der Waals surface area contributed by atoms with Gasteiger partial charge in [-0.2, -0.15) is 13.2 Å². The zero-order valence-corrected chi connectivity index (χ0v) is 7.94. The summed E-state index contributed by atoms with van der Waals surface area (Å²) in [6.45, 7) is 0. The first-order valence-corrected chi connectivity index (χ1v) is 4.30. The van der Waals surface area contributed by atoms with Crippen molar-refractivity contribution in [3.63, 3.8) is 0 Å². The third-order valence-electron chi connectivity index (χ3n) is 1.97. The Bertz CT molecular complexity index is 503. The van der Waals surface area contributed by atoms with Gasteiger partial charge in [0.1, 0.15) is 5.82 Å². The maximum Gasteiger partial charge on any atom is 0.434 e. The van der Waals surface area contributed by atoms with Crippen molar-refractivity contribution in [1.82, 2.24) is 14.5 Å². The highest BCUT2D eigenvalue weighted by molar-refractivity contribution is 5.51. The van der Waals surface area contributed by atoms with Gasteiger partial charge in [-0.25, -0.2) is 9.97 Å². The third kappa shape index (κ3) is 1.83. The summed E-state index contributed by atoms with van der Waals surface area (Å²) in [6.07, 6.45) is -1.08. The second-order valence-electron chi connectivity index (χ2n) is 3.07. The number of nitrogen functional groups attached to an aromatic ring is 1. The Labute approximate surface area is 88.5 Å². The molecule has 2 rings (SSSR count). The number of hydrogen-bond donors (Lipinski definition) is 1. The summed E-state index contributed by atoms with van der Waals surface area (Å²) >= 11 is 0. The summed E-state index contributed by atoms with van der Waals surface area (Å²) in [4.78, 5) is 7.03. The molecule has 0 unspecified atom stereocenters. The van der Waals surface area contributed by atoms with Gasteiger partial charge >= 0.3 is 6.18 Å². The smallest absolute Gasteiger partial charge is 0.382 e. The molecule has 0 radical (unpaired) electrons. The summed E-state index contributed by atoms with van der Waals surface area (Å²) in [5, 5.41) is 0. The molecule has 0 aliphatic carbocycles. The van der Waals surface area contributed by atoms with E-state index in [0.717, 1.165) is 12.5 Å². The largest absolute Gasteiger partial charge is 0.434 e. The SMILES string of the molecule is Nc1ncccc1-n1cnc(C(F)(F)F)c1. The molecule has 0 aliphatic rings. The molecular formula is C9H7F3N4. The van der Waals surface area contributed by atoms with E-state index in [9.17, 15) is 13.2 Å². The molecule has 0 saturated heterocycles. The van der Waals surface area contributed by atoms with Gasteiger partial charge in [-0.05, 0) is 12.1 Å². The number of rotatable bonds is 1. The van der Waals surface area contributed by atoms with Crippen molar-refractivity contribution in [2.45, 2.75) is 6.18 Å². The van der Waals surface area contributed by atoms with Crippen molar-refractivity contribution in [1.29, 1.82) is 0 Å². The minimum atomic E-state index is -4.46. The lowest BCUT2D eigenvalue weighted by molar-refractivity contribution is -0.140. The van der Waals surface area contributed by atoms with Crippen molar-refractivity contribution < 1.29 is 13.2 Å². The van der Waals surface area contributed by atoms with Gasteiger partial charge in [0.25, 0.3) is 0 Å². The van der Waals surface area contributed by atoms with Crippen LogP contribution in [0.25, 0.3) is 5.69 Å². The minimum absolute atomic E-state index is 0.147. The van der Waals surface area contributed by atoms with E-state index in [-0.39, 0.29) is 5.82 Å². The Morgan fingerprint density at radius 3 is 2.56 bits per heavy atom. The molecule has 0 aliphatic heterocycles. The molecule has 0 aromatic carbocycles. The molecule has 0 saturated carbocycles. The van der Waals surface area contributed by atoms with Crippen LogP contribution < -0.4 is 5.73 Å². The van der Waals surface area contributed by atoms with Gasteiger partial charge < -0.3 is 10.3 Å². The second kappa shape index (κ2) is 3.51. The van der Waals surface area contributed by atoms with Crippen molar-refractivity contribution in [2.75, 3.05) is 5.73 Å². The van der Waals surface area contributed by atoms with Crippen LogP contribution in [0.4, 0.5) is 19.0 Å². The number of nitrogens with zero attached hydrogens (tertiary/aromatic N) is 3. The van der Waals surface area contributed by atoms with E-state index in [2.05, 4.69) is 9.97 Å². The van der Waals surface area contributed by atoms with E-state index in [0.29, 0.717) is 5.69 Å². The lowest BCUT2D eigenvalue weighted by Gasteiger charge is -2.04. The number of anilines is 1. The van der Waals surface area contributed by atoms with Crippen molar-refractivity contribution in [2.24, 2.45) is 0 Å². The summed E-state index contributed by atoms with van der Waals surface area (Å²) in [6, 6.07) is 3.14. The number of alkyl halides is 3. The lowest BCUT2D eigenvalue weighted by Crippen LogP contribution is -2.05. The van der Waals surface area contributed by atoms with E-state index >= 15 is 0 Å². The Morgan fingerprint density at radius 1 is 1.25 bits per heavy atom. The molecule has 2 aromatic heterocycles. The molecule has 2 heterocycles. The number of pyridine rings is 1. The van der Waals surface area contributed by atoms with Crippen LogP contribution in [0.5, 0.6) is 0 Å². The highest BCUT2D eigenvalue weighted by Gasteiger charge is 2.33. The molecule has 7 heteroatoms. The first-order valence-electron chi connectivity index (χ1n) is 4.30. The molecule has 0 atom stereocenters. The Morgan fingerprint density at radius 2 is 2.00 bits per heavy atom. The normalized spacial score (nSPS) is 11.7. The highest BCUT2D eigenvalue weighted by atomic mass is 19.4. The Hall–Kier alpha value is -2.05. The van der Waals surface area contributed by atoms with E-state index < -0.39 is 11.9 Å². The van der Waals surface area contributed by atoms with E-state index in [1.807, 2.05) is 0 Å². The van der Waals surface area contributed by atoms with Crippen LogP contribution in [0.3, 0.4) is 0 Å². The second-order valence-corrected chi connectivity index (χ2v) is 3.07. The summed E-state index contributed by atoms with van der Waals surface area (Å²) in [7, 11) is 0. The van der Waals surface area contributed by atoms with Crippen LogP contribution in [-0.4, -0.2) is 14.5 Å². The average Bonchev–Trinajstić information content (AvgIpc) is 2.66. The molecule has 2 aromatic rings. The van der Waals surface area contributed by atoms with Crippen molar-refractivity contribution in [3.05, 3.63) is 36.5 Å². The zero-order chi connectivity index (χ0) is 11.8. The fourth-order valence-electron chi connectivity index (χ4n) is 1.23. The first kappa shape index (κ1) is 10.5. The van der Waals surface area contributed by atoms with Gasteiger partial charge in [0.2, 0.25) is 0 Å². The molecule has 0 bridgehead atoms. The quantitative estimate of drug-likeness (QED) is 0.810. The summed E-state index contributed by atoms with van der Waals surface area (Å²) in [5.41, 5.74) is 4.93. The predicted octanol–water partition coefficient (Wildman–Crippen LogP) is 1.87. The predicted molar refractivity (Wildman–Crippen MR) is 50.8 cm³/mol. The third-order valence-corrected chi connectivity index (χ3v) is 1.97. The molecule has 0 amide bonds. The highest BCUT2D eigenvalue weighted by Crippen LogP contribution is 2.28. The summed E-state index contributed by atoms with van der Waals surface area (Å²) in [5.74, 6) is 0.147. The molecule has 4 nitrogen and oxygen atoms in total. The number of imidazole rings is 1. The molecule has 0 fully saturated rings. The van der Waals surface area contributed by atoms with Crippen LogP contribution in [-0.2, 0) is 6.18 Å². The molecule has 2 N–H and O–H groups in total. The fourth-order valence-corrected chi connectivity index (χ4v) is 1.23. The van der Waals surface area contributed by atoms with Gasteiger partial charge in [0.05, 0.1) is 12.0 Å². The number of nitrogens with two attached hydrogens (primary N) is 1. The van der Waals surface area contributed by atoms with Gasteiger partial charge in [0.15, 0.2) is 5.69 Å². The zero-order valence-electron chi connectivity index (χ0n) is 7.94. The summed E-state index contributed by atoms with van der Waals surface area (Å²) < 4.78 is 38.1. The number of hydrogen-bond acceptors (Lipinski definition) is 3. The van der Waals surface area contributed by atoms with Crippen LogP contribution in [0, 0.1) is 0 Å². The molecule has 84 valence electrons. The fraction of sp³-hybridized carbons (Fsp3) is 0.111. The van der Waals surface area contributed by atoms with E-state index in [1.165, 1.54) is 10.8 Å². The van der Waals surface area contributed by atoms with Gasteiger partial charge in [-0.1, -0.05) is 0 Å². The Kier molecular flexibility index (Phi) is 2.30. The van der Waals surface area contributed by atoms with Crippen LogP contribution in [0.15, 0.2) is 30.9 Å². The molecular weight excluding hydrogens is 221 g/mol. The minimum Gasteiger partial charge on any atom is -0.382 e. The maximum atomic E-state index is 12.3. The average molecular weight is 228 g/mol. The topological polar surface area (TPSA) is 56.7 Å². The van der Waals surface area contributed by atoms with Gasteiger partial charge in [-0.3, -0.25) is 0 Å². The van der Waals surface area contributed by atoms with Crippen LogP contribution >= 0.6 is 0 Å². The van der Waals surface area contributed by atoms with E-state index in [1.54, 1.807) is 12.1 Å². The lowest BCUT2D eigenvalue weighted by atomic mass is 10.4. The van der Waals surface area contributed by atoms with Crippen LogP contribution in [0.2, 0.25) is 0 Å². The number of halogens is 3. The van der Waals surface area contributed by atoms with Gasteiger partial charge in [-0.15, -0.1) is 0 Å². The Balaban J connectivity index is 2.44. The molecule has 16 heavy (non-hydrogen) atoms. The maximum absolute atomic E-state index is 12.3. The standard InChI is InChI=1S/C9H7F3N4/c10-9(11,12)7-4-16(5-15-7)6-2-1-3-14-8(6)13/h1-5H,(H2,13,14). The van der Waals surface area contributed by atoms with Crippen LogP contribution in [0.1, 0.15) is 5.69 Å². The number of aromatic nitrogens is 3. The first-order chi connectivity index (χ1) is 7.48. The van der Waals surface area contributed by atoms with Gasteiger partial charge in [0, 0.05) is 12.4 Å². The van der Waals surface area contributed by atoms with Crippen molar-refractivity contribution >= 4 is 5.82 Å². The monoisotopic (exact) mass is 228 g/mol.